The Hall–Kier alpha value is -7.56. The Morgan fingerprint density at radius 1 is 0.294 bits per heavy atom. The van der Waals surface area contributed by atoms with Crippen molar-refractivity contribution in [2.75, 3.05) is 0 Å². The fraction of sp³-hybridized carbons (Fsp3) is 0.387. The summed E-state index contributed by atoms with van der Waals surface area (Å²) in [6, 6.07) is 46.4. The standard InChI is InChI=1S/C16H14.C11H11N.C10H10N2.C6H9N3.C6H8N2.C6H8O.C6H8S.7C2H6/c1-11-3-7-15-13(9-11)5-6-14-10-12(2)4-8-16(14)15;1-8-7-10-5-3-4-6-11(10)9(2)12-8;1-7-9-5-3-4-6-10(9)12-8(2)11-7;1-4-7-5(2)9-6(3)8-4;1-5-3-6(2)8-4-7-5;2*1-5-3-4-6(2)7-5;7*1-2/h3-10H,1-2H3;3-7H,1-2H3;3-6H,1-2H3;1-3H3;3-4H,1-2H3;2*3-4H,1-2H3;7*1-2H3. The molecule has 0 unspecified atom stereocenters. The van der Waals surface area contributed by atoms with E-state index in [1.54, 1.807) is 6.33 Å². The monoisotopic (exact) mass is 1170 g/mol. The van der Waals surface area contributed by atoms with Crippen LogP contribution in [0, 0.1) is 104 Å². The largest absolute Gasteiger partial charge is 0.467 e. The highest BCUT2D eigenvalue weighted by atomic mass is 32.1. The van der Waals surface area contributed by atoms with Crippen LogP contribution in [0.4, 0.5) is 0 Å². The van der Waals surface area contributed by atoms with Crippen molar-refractivity contribution < 1.29 is 4.42 Å². The number of thiophene rings is 1. The summed E-state index contributed by atoms with van der Waals surface area (Å²) >= 11 is 1.84. The van der Waals surface area contributed by atoms with Crippen LogP contribution in [-0.2, 0) is 0 Å². The number of para-hydroxylation sites is 1. The van der Waals surface area contributed by atoms with Crippen LogP contribution in [0.1, 0.15) is 181 Å². The molecule has 0 fully saturated rings. The molecule has 0 radical (unpaired) electrons. The summed E-state index contributed by atoms with van der Waals surface area (Å²) in [6.07, 6.45) is 1.57. The lowest BCUT2D eigenvalue weighted by atomic mass is 9.99. The zero-order valence-corrected chi connectivity index (χ0v) is 59.0. The van der Waals surface area contributed by atoms with Crippen molar-refractivity contribution >= 4 is 54.6 Å². The second-order valence-corrected chi connectivity index (χ2v) is 19.0. The fourth-order valence-corrected chi connectivity index (χ4v) is 8.48. The molecule has 0 aliphatic heterocycles. The number of furan rings is 1. The Balaban J connectivity index is -0.000000905. The quantitative estimate of drug-likeness (QED) is 0.137. The molecular formula is C75H110N8OS. The maximum absolute atomic E-state index is 5.08. The minimum atomic E-state index is 0.792. The number of hydrogen-bond donors (Lipinski definition) is 0. The third-order valence-electron chi connectivity index (χ3n) is 10.8. The van der Waals surface area contributed by atoms with Crippen LogP contribution in [0.5, 0.6) is 0 Å². The molecule has 0 spiro atoms. The second kappa shape index (κ2) is 48.8. The number of benzene rings is 5. The number of aryl methyl sites for hydroxylation is 15. The molecule has 0 N–H and O–H groups in total. The summed E-state index contributed by atoms with van der Waals surface area (Å²) < 4.78 is 5.08. The Bertz CT molecular complexity index is 3190. The van der Waals surface area contributed by atoms with Crippen LogP contribution >= 0.6 is 11.3 Å². The zero-order valence-electron chi connectivity index (χ0n) is 58.2. The first kappa shape index (κ1) is 81.7. The van der Waals surface area contributed by atoms with Crippen LogP contribution < -0.4 is 0 Å². The van der Waals surface area contributed by atoms with E-state index < -0.39 is 0 Å². The molecule has 0 bridgehead atoms. The lowest BCUT2D eigenvalue weighted by Gasteiger charge is -2.05. The van der Waals surface area contributed by atoms with Gasteiger partial charge in [-0.1, -0.05) is 199 Å². The van der Waals surface area contributed by atoms with Gasteiger partial charge in [-0.15, -0.1) is 11.3 Å². The number of fused-ring (bicyclic) bond motifs is 5. The first-order chi connectivity index (χ1) is 40.8. The van der Waals surface area contributed by atoms with Crippen molar-refractivity contribution in [3.63, 3.8) is 0 Å². The molecule has 5 aromatic carbocycles. The summed E-state index contributed by atoms with van der Waals surface area (Å²) in [5.41, 5.74) is 8.98. The summed E-state index contributed by atoms with van der Waals surface area (Å²) in [7, 11) is 0. The summed E-state index contributed by atoms with van der Waals surface area (Å²) in [4.78, 5) is 35.7. The number of hydrogen-bond acceptors (Lipinski definition) is 10. The SMILES string of the molecule is CC.CC.CC.CC.CC.CC.CC.Cc1cc(C)ncn1.Cc1cc2ccccc2c(C)n1.Cc1ccc(C)o1.Cc1ccc(C)s1.Cc1ccc2c(ccc3cc(C)ccc32)c1.Cc1nc(C)c2ccccc2n1.Cc1nc(C)nc(C)n1. The van der Waals surface area contributed by atoms with E-state index in [2.05, 4.69) is 159 Å². The molecule has 0 aliphatic carbocycles. The van der Waals surface area contributed by atoms with Gasteiger partial charge < -0.3 is 4.42 Å². The van der Waals surface area contributed by atoms with Gasteiger partial charge in [-0.25, -0.2) is 34.9 Å². The van der Waals surface area contributed by atoms with Crippen LogP contribution in [0.25, 0.3) is 43.2 Å². The Labute approximate surface area is 520 Å². The molecule has 9 nitrogen and oxygen atoms in total. The van der Waals surface area contributed by atoms with E-state index in [0.29, 0.717) is 0 Å². The maximum Gasteiger partial charge on any atom is 0.129 e. The number of pyridine rings is 1. The van der Waals surface area contributed by atoms with Crippen LogP contribution in [0.15, 0.2) is 144 Å². The summed E-state index contributed by atoms with van der Waals surface area (Å²) in [5, 5.41) is 9.03. The van der Waals surface area contributed by atoms with Crippen LogP contribution in [-0.4, -0.2) is 39.9 Å². The first-order valence-electron chi connectivity index (χ1n) is 30.7. The summed E-state index contributed by atoms with van der Waals surface area (Å²) in [5.74, 6) is 5.18. The molecule has 6 aromatic heterocycles. The highest BCUT2D eigenvalue weighted by Gasteiger charge is 2.02. The van der Waals surface area contributed by atoms with Crippen LogP contribution in [0.2, 0.25) is 0 Å². The Morgan fingerprint density at radius 3 is 1.05 bits per heavy atom. The van der Waals surface area contributed by atoms with E-state index in [4.69, 9.17) is 4.42 Å². The first-order valence-corrected chi connectivity index (χ1v) is 31.5. The molecular weight excluding hydrogens is 1060 g/mol. The van der Waals surface area contributed by atoms with Crippen molar-refractivity contribution in [2.24, 2.45) is 0 Å². The molecule has 10 heteroatoms. The Morgan fingerprint density at radius 2 is 0.671 bits per heavy atom. The van der Waals surface area contributed by atoms with Crippen molar-refractivity contribution in [1.82, 2.24) is 39.9 Å². The van der Waals surface area contributed by atoms with E-state index >= 15 is 0 Å². The average Bonchev–Trinajstić information content (AvgIpc) is 3.85. The average molecular weight is 1170 g/mol. The Kier molecular flexibility index (Phi) is 46.9. The van der Waals surface area contributed by atoms with Crippen molar-refractivity contribution in [2.45, 2.75) is 201 Å². The maximum atomic E-state index is 5.08. The minimum Gasteiger partial charge on any atom is -0.467 e. The zero-order chi connectivity index (χ0) is 65.6. The normalized spacial score (nSPS) is 9.00. The molecule has 0 saturated carbocycles. The van der Waals surface area contributed by atoms with E-state index in [1.807, 2.05) is 226 Å². The van der Waals surface area contributed by atoms with E-state index in [1.165, 1.54) is 53.2 Å². The number of rotatable bonds is 0. The third kappa shape index (κ3) is 32.9. The summed E-state index contributed by atoms with van der Waals surface area (Å²) in [6.45, 7) is 57.9. The van der Waals surface area contributed by atoms with Gasteiger partial charge >= 0.3 is 0 Å². The van der Waals surface area contributed by atoms with E-state index in [9.17, 15) is 0 Å². The van der Waals surface area contributed by atoms with Gasteiger partial charge in [0.15, 0.2) is 0 Å². The molecule has 11 rings (SSSR count). The van der Waals surface area contributed by atoms with Gasteiger partial charge in [0.05, 0.1) is 5.52 Å². The minimum absolute atomic E-state index is 0.792. The van der Waals surface area contributed by atoms with Crippen molar-refractivity contribution in [3.05, 3.63) is 224 Å². The molecule has 0 saturated heterocycles. The van der Waals surface area contributed by atoms with Gasteiger partial charge in [-0.2, -0.15) is 0 Å². The third-order valence-corrected chi connectivity index (χ3v) is 11.7. The predicted molar refractivity (Wildman–Crippen MR) is 378 cm³/mol. The lowest BCUT2D eigenvalue weighted by molar-refractivity contribution is 0.504. The molecule has 0 aliphatic rings. The molecule has 6 heterocycles. The molecule has 85 heavy (non-hydrogen) atoms. The van der Waals surface area contributed by atoms with Gasteiger partial charge in [-0.3, -0.25) is 4.98 Å². The van der Waals surface area contributed by atoms with Crippen molar-refractivity contribution in [1.29, 1.82) is 0 Å². The van der Waals surface area contributed by atoms with Gasteiger partial charge in [0.2, 0.25) is 0 Å². The highest BCUT2D eigenvalue weighted by molar-refractivity contribution is 7.11. The van der Waals surface area contributed by atoms with Gasteiger partial charge in [0.1, 0.15) is 41.1 Å². The van der Waals surface area contributed by atoms with Gasteiger partial charge in [0, 0.05) is 49.0 Å². The molecule has 462 valence electrons. The van der Waals surface area contributed by atoms with E-state index in [0.717, 1.165) is 74.2 Å². The topological polar surface area (TPSA) is 116 Å². The van der Waals surface area contributed by atoms with E-state index in [-0.39, 0.29) is 0 Å². The molecule has 0 atom stereocenters. The molecule has 11 aromatic rings. The second-order valence-electron chi connectivity index (χ2n) is 17.5. The number of nitrogens with zero attached hydrogens (tertiary/aromatic N) is 8. The van der Waals surface area contributed by atoms with Crippen molar-refractivity contribution in [3.8, 4) is 0 Å². The fourth-order valence-electron chi connectivity index (χ4n) is 7.70. The highest BCUT2D eigenvalue weighted by Crippen LogP contribution is 2.27. The van der Waals surface area contributed by atoms with Gasteiger partial charge in [-0.05, 0) is 173 Å². The lowest BCUT2D eigenvalue weighted by Crippen LogP contribution is -1.97. The predicted octanol–water partition coefficient (Wildman–Crippen LogP) is 23.0. The van der Waals surface area contributed by atoms with Gasteiger partial charge in [0.25, 0.3) is 0 Å². The molecule has 0 amide bonds. The smallest absolute Gasteiger partial charge is 0.129 e. The number of aromatic nitrogens is 8. The van der Waals surface area contributed by atoms with Crippen LogP contribution in [0.3, 0.4) is 0 Å².